The molecule has 0 saturated heterocycles. The first kappa shape index (κ1) is 11.9. The van der Waals surface area contributed by atoms with Crippen molar-refractivity contribution >= 4 is 5.78 Å². The van der Waals surface area contributed by atoms with Crippen LogP contribution in [0.15, 0.2) is 5.11 Å². The molecule has 0 aliphatic carbocycles. The van der Waals surface area contributed by atoms with E-state index in [4.69, 9.17) is 15.7 Å². The number of hydrogen-bond acceptors (Lipinski definition) is 5. The molecular formula is C6H11N3O4. The van der Waals surface area contributed by atoms with E-state index in [-0.39, 0.29) is 6.61 Å². The molecule has 0 bridgehead atoms. The minimum Gasteiger partial charge on any atom is -0.365 e. The van der Waals surface area contributed by atoms with Gasteiger partial charge in [-0.1, -0.05) is 5.11 Å². The molecule has 0 radical (unpaired) electrons. The SMILES string of the molecule is CCOC(N=[N+]=[N-])C(=O)C(C)(O)O. The number of hydrogen-bond donors (Lipinski definition) is 2. The molecule has 0 aliphatic rings. The minimum atomic E-state index is -2.55. The third kappa shape index (κ3) is 3.86. The number of aliphatic hydroxyl groups is 2. The zero-order valence-corrected chi connectivity index (χ0v) is 7.34. The van der Waals surface area contributed by atoms with Crippen molar-refractivity contribution in [2.45, 2.75) is 25.9 Å². The first-order chi connectivity index (χ1) is 5.93. The van der Waals surface area contributed by atoms with Gasteiger partial charge < -0.3 is 14.9 Å². The van der Waals surface area contributed by atoms with E-state index in [9.17, 15) is 4.79 Å². The van der Waals surface area contributed by atoms with E-state index in [0.29, 0.717) is 0 Å². The lowest BCUT2D eigenvalue weighted by molar-refractivity contribution is -0.186. The maximum atomic E-state index is 11.1. The minimum absolute atomic E-state index is 0.130. The van der Waals surface area contributed by atoms with Crippen LogP contribution in [-0.4, -0.2) is 34.6 Å². The summed E-state index contributed by atoms with van der Waals surface area (Å²) in [6.45, 7) is 2.58. The largest absolute Gasteiger partial charge is 0.365 e. The molecule has 0 saturated carbocycles. The Morgan fingerprint density at radius 1 is 1.77 bits per heavy atom. The molecule has 0 spiro atoms. The van der Waals surface area contributed by atoms with Gasteiger partial charge in [0.05, 0.1) is 0 Å². The number of ether oxygens (including phenoxy) is 1. The average Bonchev–Trinajstić information content (AvgIpc) is 2.01. The Balaban J connectivity index is 4.55. The number of rotatable bonds is 5. The van der Waals surface area contributed by atoms with Gasteiger partial charge in [-0.3, -0.25) is 4.79 Å². The van der Waals surface area contributed by atoms with E-state index in [0.717, 1.165) is 6.92 Å². The first-order valence-corrected chi connectivity index (χ1v) is 3.58. The van der Waals surface area contributed by atoms with Crippen molar-refractivity contribution in [2.75, 3.05) is 6.61 Å². The second-order valence-electron chi connectivity index (χ2n) is 2.40. The zero-order valence-electron chi connectivity index (χ0n) is 7.34. The van der Waals surface area contributed by atoms with Gasteiger partial charge in [0.1, 0.15) is 0 Å². The lowest BCUT2D eigenvalue weighted by Gasteiger charge is -2.18. The van der Waals surface area contributed by atoms with Gasteiger partial charge in [0.15, 0.2) is 6.23 Å². The number of nitrogens with zero attached hydrogens (tertiary/aromatic N) is 3. The van der Waals surface area contributed by atoms with Gasteiger partial charge in [0.2, 0.25) is 11.6 Å². The van der Waals surface area contributed by atoms with E-state index in [1.54, 1.807) is 6.92 Å². The number of carbonyl (C=O) groups excluding carboxylic acids is 1. The fourth-order valence-electron chi connectivity index (χ4n) is 0.600. The third-order valence-electron chi connectivity index (χ3n) is 1.17. The second-order valence-corrected chi connectivity index (χ2v) is 2.40. The molecule has 0 aliphatic heterocycles. The summed E-state index contributed by atoms with van der Waals surface area (Å²) in [6, 6.07) is 0. The molecule has 74 valence electrons. The maximum absolute atomic E-state index is 11.1. The Kier molecular flexibility index (Phi) is 4.36. The summed E-state index contributed by atoms with van der Waals surface area (Å²) in [7, 11) is 0. The van der Waals surface area contributed by atoms with E-state index in [2.05, 4.69) is 14.8 Å². The highest BCUT2D eigenvalue weighted by Gasteiger charge is 2.33. The highest BCUT2D eigenvalue weighted by atomic mass is 16.5. The van der Waals surface area contributed by atoms with Crippen molar-refractivity contribution in [1.29, 1.82) is 0 Å². The van der Waals surface area contributed by atoms with E-state index in [1.807, 2.05) is 0 Å². The average molecular weight is 189 g/mol. The maximum Gasteiger partial charge on any atom is 0.225 e. The molecule has 1 unspecified atom stereocenters. The summed E-state index contributed by atoms with van der Waals surface area (Å²) in [5, 5.41) is 20.7. The quantitative estimate of drug-likeness (QED) is 0.272. The van der Waals surface area contributed by atoms with Crippen molar-refractivity contribution in [3.8, 4) is 0 Å². The molecule has 0 aromatic heterocycles. The molecule has 0 fully saturated rings. The van der Waals surface area contributed by atoms with Crippen molar-refractivity contribution < 1.29 is 19.7 Å². The fourth-order valence-corrected chi connectivity index (χ4v) is 0.600. The van der Waals surface area contributed by atoms with Crippen LogP contribution in [-0.2, 0) is 9.53 Å². The molecular weight excluding hydrogens is 178 g/mol. The molecule has 1 atom stereocenters. The van der Waals surface area contributed by atoms with Gasteiger partial charge in [-0.25, -0.2) is 0 Å². The van der Waals surface area contributed by atoms with Crippen LogP contribution in [0.1, 0.15) is 13.8 Å². The van der Waals surface area contributed by atoms with Gasteiger partial charge in [-0.05, 0) is 19.4 Å². The van der Waals surface area contributed by atoms with Crippen LogP contribution in [0.5, 0.6) is 0 Å². The van der Waals surface area contributed by atoms with Crippen LogP contribution in [0, 0.1) is 0 Å². The highest BCUT2D eigenvalue weighted by Crippen LogP contribution is 2.07. The summed E-state index contributed by atoms with van der Waals surface area (Å²) in [5.41, 5.74) is 8.04. The van der Waals surface area contributed by atoms with Gasteiger partial charge in [0.25, 0.3) is 0 Å². The Hall–Kier alpha value is -1.14. The summed E-state index contributed by atoms with van der Waals surface area (Å²) >= 11 is 0. The van der Waals surface area contributed by atoms with Crippen LogP contribution < -0.4 is 0 Å². The summed E-state index contributed by atoms with van der Waals surface area (Å²) in [4.78, 5) is 13.4. The molecule has 0 aromatic carbocycles. The topological polar surface area (TPSA) is 116 Å². The van der Waals surface area contributed by atoms with Gasteiger partial charge >= 0.3 is 0 Å². The summed E-state index contributed by atoms with van der Waals surface area (Å²) < 4.78 is 4.68. The van der Waals surface area contributed by atoms with Crippen molar-refractivity contribution in [3.05, 3.63) is 10.4 Å². The van der Waals surface area contributed by atoms with E-state index < -0.39 is 17.8 Å². The normalized spacial score (nSPS) is 13.2. The summed E-state index contributed by atoms with van der Waals surface area (Å²) in [6.07, 6.45) is -1.49. The van der Waals surface area contributed by atoms with Crippen LogP contribution in [0.25, 0.3) is 10.4 Å². The predicted octanol–water partition coefficient (Wildman–Crippen LogP) is -0.0708. The monoisotopic (exact) mass is 189 g/mol. The van der Waals surface area contributed by atoms with Gasteiger partial charge in [-0.15, -0.1) is 0 Å². The van der Waals surface area contributed by atoms with Crippen LogP contribution in [0.3, 0.4) is 0 Å². The van der Waals surface area contributed by atoms with Crippen molar-refractivity contribution in [1.82, 2.24) is 0 Å². The molecule has 0 rings (SSSR count). The van der Waals surface area contributed by atoms with Crippen molar-refractivity contribution in [2.24, 2.45) is 5.11 Å². The number of Topliss-reactive ketones (excluding diaryl/α,β-unsaturated/α-hetero) is 1. The first-order valence-electron chi connectivity index (χ1n) is 3.58. The molecule has 2 N–H and O–H groups in total. The van der Waals surface area contributed by atoms with Crippen LogP contribution in [0.4, 0.5) is 0 Å². The lowest BCUT2D eigenvalue weighted by atomic mass is 10.2. The molecule has 0 amide bonds. The Bertz CT molecular complexity index is 229. The molecule has 7 heteroatoms. The zero-order chi connectivity index (χ0) is 10.5. The Labute approximate surface area is 74.6 Å². The molecule has 13 heavy (non-hydrogen) atoms. The van der Waals surface area contributed by atoms with E-state index in [1.165, 1.54) is 0 Å². The van der Waals surface area contributed by atoms with Crippen molar-refractivity contribution in [3.63, 3.8) is 0 Å². The predicted molar refractivity (Wildman–Crippen MR) is 42.4 cm³/mol. The van der Waals surface area contributed by atoms with Crippen LogP contribution >= 0.6 is 0 Å². The summed E-state index contributed by atoms with van der Waals surface area (Å²) in [5.74, 6) is -3.64. The van der Waals surface area contributed by atoms with Gasteiger partial charge in [-0.2, -0.15) is 0 Å². The number of carbonyl (C=O) groups is 1. The molecule has 0 heterocycles. The fraction of sp³-hybridized carbons (Fsp3) is 0.833. The highest BCUT2D eigenvalue weighted by molar-refractivity contribution is 5.88. The number of ketones is 1. The molecule has 0 aromatic rings. The third-order valence-corrected chi connectivity index (χ3v) is 1.17. The standard InChI is InChI=1S/C6H11N3O4/c1-3-13-5(8-9-7)4(10)6(2,11)12/h5,11-12H,3H2,1-2H3. The second kappa shape index (κ2) is 4.78. The lowest BCUT2D eigenvalue weighted by Crippen LogP contribution is -2.42. The number of azide groups is 1. The Morgan fingerprint density at radius 3 is 2.62 bits per heavy atom. The van der Waals surface area contributed by atoms with Gasteiger partial charge in [0, 0.05) is 11.5 Å². The van der Waals surface area contributed by atoms with E-state index >= 15 is 0 Å². The Morgan fingerprint density at radius 2 is 2.31 bits per heavy atom. The smallest absolute Gasteiger partial charge is 0.225 e. The molecule has 7 nitrogen and oxygen atoms in total. The van der Waals surface area contributed by atoms with Crippen LogP contribution in [0.2, 0.25) is 0 Å².